The number of fused-ring (bicyclic) bond motifs is 1. The van der Waals surface area contributed by atoms with Crippen LogP contribution < -0.4 is 4.72 Å². The van der Waals surface area contributed by atoms with Crippen LogP contribution in [0.1, 0.15) is 96.0 Å². The van der Waals surface area contributed by atoms with Crippen molar-refractivity contribution >= 4 is 26.7 Å². The number of rotatable bonds is 20. The lowest BCUT2D eigenvalue weighted by Gasteiger charge is -2.09. The minimum absolute atomic E-state index is 0.106. The molecule has 1 amide bonds. The van der Waals surface area contributed by atoms with Gasteiger partial charge in [-0.05, 0) is 67.7 Å². The number of allylic oxidation sites excluding steroid dienone is 3. The van der Waals surface area contributed by atoms with Gasteiger partial charge in [0, 0.05) is 6.42 Å². The van der Waals surface area contributed by atoms with Gasteiger partial charge in [0.1, 0.15) is 0 Å². The molecule has 210 valence electrons. The van der Waals surface area contributed by atoms with Crippen molar-refractivity contribution < 1.29 is 18.3 Å². The quantitative estimate of drug-likeness (QED) is 0.135. The number of hydrogen-bond donors (Lipinski definition) is 2. The van der Waals surface area contributed by atoms with E-state index < -0.39 is 15.9 Å². The average Bonchev–Trinajstić information content (AvgIpc) is 2.90. The first kappa shape index (κ1) is 31.8. The molecule has 0 aliphatic carbocycles. The number of aryl methyl sites for hydroxylation is 1. The third-order valence-corrected chi connectivity index (χ3v) is 7.96. The maximum Gasteiger partial charge on any atom is 0.235 e. The Morgan fingerprint density at radius 2 is 1.53 bits per heavy atom. The lowest BCUT2D eigenvalue weighted by atomic mass is 10.0. The van der Waals surface area contributed by atoms with Crippen molar-refractivity contribution in [2.45, 2.75) is 103 Å². The molecular formula is C32H47NO4S. The van der Waals surface area contributed by atoms with Crippen molar-refractivity contribution in [3.8, 4) is 0 Å². The normalized spacial score (nSPS) is 13.0. The first-order chi connectivity index (χ1) is 18.4. The van der Waals surface area contributed by atoms with Crippen LogP contribution in [0.3, 0.4) is 0 Å². The molecule has 0 radical (unpaired) electrons. The van der Waals surface area contributed by atoms with Gasteiger partial charge in [-0.3, -0.25) is 9.52 Å². The second-order valence-corrected chi connectivity index (χ2v) is 11.9. The molecule has 2 rings (SSSR count). The second kappa shape index (κ2) is 18.8. The minimum Gasteiger partial charge on any atom is -0.389 e. The van der Waals surface area contributed by atoms with Gasteiger partial charge in [0.2, 0.25) is 15.9 Å². The largest absolute Gasteiger partial charge is 0.389 e. The molecule has 0 unspecified atom stereocenters. The Bertz CT molecular complexity index is 1100. The molecule has 0 aromatic heterocycles. The molecule has 2 N–H and O–H groups in total. The number of nitrogens with one attached hydrogen (secondary N) is 1. The van der Waals surface area contributed by atoms with Crippen LogP contribution in [0.25, 0.3) is 10.8 Å². The van der Waals surface area contributed by atoms with Crippen molar-refractivity contribution in [1.29, 1.82) is 0 Å². The third-order valence-electron chi connectivity index (χ3n) is 6.68. The Labute approximate surface area is 230 Å². The van der Waals surface area contributed by atoms with Crippen molar-refractivity contribution in [2.75, 3.05) is 5.75 Å². The fourth-order valence-corrected chi connectivity index (χ4v) is 5.50. The Morgan fingerprint density at radius 1 is 0.868 bits per heavy atom. The molecule has 2 aromatic rings. The van der Waals surface area contributed by atoms with Crippen LogP contribution >= 0.6 is 0 Å². The van der Waals surface area contributed by atoms with E-state index in [0.717, 1.165) is 61.3 Å². The number of carbonyl (C=O) groups excluding carboxylic acids is 1. The maximum atomic E-state index is 12.4. The molecule has 0 aliphatic rings. The zero-order valence-corrected chi connectivity index (χ0v) is 23.9. The van der Waals surface area contributed by atoms with E-state index in [0.29, 0.717) is 12.8 Å². The van der Waals surface area contributed by atoms with Gasteiger partial charge in [-0.1, -0.05) is 106 Å². The number of sulfonamides is 1. The molecular weight excluding hydrogens is 494 g/mol. The molecule has 0 saturated heterocycles. The zero-order valence-electron chi connectivity index (χ0n) is 23.1. The van der Waals surface area contributed by atoms with Crippen molar-refractivity contribution in [1.82, 2.24) is 4.72 Å². The molecule has 0 fully saturated rings. The fourth-order valence-electron chi connectivity index (χ4n) is 4.46. The van der Waals surface area contributed by atoms with Crippen molar-refractivity contribution in [2.24, 2.45) is 0 Å². The van der Waals surface area contributed by atoms with Crippen LogP contribution in [-0.2, 0) is 21.2 Å². The lowest BCUT2D eigenvalue weighted by Crippen LogP contribution is -2.32. The predicted octanol–water partition coefficient (Wildman–Crippen LogP) is 7.39. The summed E-state index contributed by atoms with van der Waals surface area (Å²) in [5, 5.41) is 11.9. The fraction of sp³-hybridized carbons (Fsp3) is 0.531. The van der Waals surface area contributed by atoms with Crippen molar-refractivity contribution in [3.63, 3.8) is 0 Å². The van der Waals surface area contributed by atoms with Gasteiger partial charge >= 0.3 is 0 Å². The molecule has 0 spiro atoms. The molecule has 0 saturated carbocycles. The van der Waals surface area contributed by atoms with E-state index in [4.69, 9.17) is 0 Å². The number of benzene rings is 2. The Hall–Kier alpha value is -2.44. The zero-order chi connectivity index (χ0) is 27.5. The van der Waals surface area contributed by atoms with Gasteiger partial charge in [-0.25, -0.2) is 8.42 Å². The van der Waals surface area contributed by atoms with Crippen LogP contribution in [0.2, 0.25) is 0 Å². The average molecular weight is 542 g/mol. The highest BCUT2D eigenvalue weighted by molar-refractivity contribution is 7.90. The van der Waals surface area contributed by atoms with E-state index in [9.17, 15) is 18.3 Å². The molecule has 0 heterocycles. The smallest absolute Gasteiger partial charge is 0.235 e. The van der Waals surface area contributed by atoms with Crippen LogP contribution in [0.4, 0.5) is 0 Å². The summed E-state index contributed by atoms with van der Waals surface area (Å²) in [7, 11) is -3.66. The van der Waals surface area contributed by atoms with E-state index in [1.54, 1.807) is 0 Å². The van der Waals surface area contributed by atoms with Gasteiger partial charge in [0.25, 0.3) is 0 Å². The van der Waals surface area contributed by atoms with Crippen LogP contribution in [0.5, 0.6) is 0 Å². The summed E-state index contributed by atoms with van der Waals surface area (Å²) < 4.78 is 27.0. The van der Waals surface area contributed by atoms with E-state index in [2.05, 4.69) is 29.9 Å². The molecule has 2 aromatic carbocycles. The minimum atomic E-state index is -3.66. The molecule has 0 bridgehead atoms. The van der Waals surface area contributed by atoms with Crippen LogP contribution in [0.15, 0.2) is 66.8 Å². The molecule has 0 aliphatic heterocycles. The Balaban J connectivity index is 1.48. The Kier molecular flexibility index (Phi) is 15.7. The number of carbonyl (C=O) groups is 1. The number of aliphatic hydroxyl groups is 1. The number of hydrogen-bond acceptors (Lipinski definition) is 4. The van der Waals surface area contributed by atoms with E-state index in [1.165, 1.54) is 25.7 Å². The summed E-state index contributed by atoms with van der Waals surface area (Å²) in [5.41, 5.74) is 0.970. The lowest BCUT2D eigenvalue weighted by molar-refractivity contribution is -0.119. The van der Waals surface area contributed by atoms with E-state index in [1.807, 2.05) is 48.5 Å². The highest BCUT2D eigenvalue weighted by atomic mass is 32.2. The van der Waals surface area contributed by atoms with Crippen LogP contribution in [-0.4, -0.2) is 31.3 Å². The highest BCUT2D eigenvalue weighted by Gasteiger charge is 2.15. The highest BCUT2D eigenvalue weighted by Crippen LogP contribution is 2.19. The van der Waals surface area contributed by atoms with E-state index in [-0.39, 0.29) is 18.3 Å². The maximum absolute atomic E-state index is 12.4. The summed E-state index contributed by atoms with van der Waals surface area (Å²) in [6, 6.07) is 13.8. The summed E-state index contributed by atoms with van der Waals surface area (Å²) in [6.07, 6.45) is 21.2. The summed E-state index contributed by atoms with van der Waals surface area (Å²) in [6.45, 7) is 2.14. The van der Waals surface area contributed by atoms with Crippen LogP contribution in [0, 0.1) is 0 Å². The van der Waals surface area contributed by atoms with E-state index >= 15 is 0 Å². The first-order valence-electron chi connectivity index (χ1n) is 14.4. The predicted molar refractivity (Wildman–Crippen MR) is 160 cm³/mol. The van der Waals surface area contributed by atoms with Gasteiger partial charge in [-0.2, -0.15) is 0 Å². The van der Waals surface area contributed by atoms with Gasteiger partial charge in [0.15, 0.2) is 0 Å². The monoisotopic (exact) mass is 541 g/mol. The molecule has 38 heavy (non-hydrogen) atoms. The molecule has 6 heteroatoms. The molecule has 1 atom stereocenters. The standard InChI is InChI=1S/C32H47NO4S/c1-2-3-22-30(34)23-14-12-10-8-6-4-5-7-9-11-13-15-25-32(35)33-38(36,37)27-26-29-21-18-20-28-19-16-17-24-31(28)29/h9,11,14,16-21,23-24,30,34H,2-8,10,12-13,15,22,25-27H2,1H3,(H,33,35)/b11-9-,23-14-/t30-/m1/s1. The van der Waals surface area contributed by atoms with Crippen molar-refractivity contribution in [3.05, 3.63) is 72.3 Å². The topological polar surface area (TPSA) is 83.5 Å². The SMILES string of the molecule is CCCC[C@@H](O)/C=C\CCCCCCC/C=C\CCCC(=O)NS(=O)(=O)CCc1cccc2ccccc12. The van der Waals surface area contributed by atoms with Gasteiger partial charge in [-0.15, -0.1) is 0 Å². The summed E-state index contributed by atoms with van der Waals surface area (Å²) in [5.74, 6) is -0.535. The number of unbranched alkanes of at least 4 members (excludes halogenated alkanes) is 8. The summed E-state index contributed by atoms with van der Waals surface area (Å²) in [4.78, 5) is 12.1. The van der Waals surface area contributed by atoms with Gasteiger partial charge < -0.3 is 5.11 Å². The number of amides is 1. The molecule has 5 nitrogen and oxygen atoms in total. The second-order valence-electron chi connectivity index (χ2n) is 10.1. The Morgan fingerprint density at radius 3 is 2.29 bits per heavy atom. The first-order valence-corrected chi connectivity index (χ1v) is 16.1. The third kappa shape index (κ3) is 13.9. The van der Waals surface area contributed by atoms with Gasteiger partial charge in [0.05, 0.1) is 11.9 Å². The summed E-state index contributed by atoms with van der Waals surface area (Å²) >= 11 is 0. The number of aliphatic hydroxyl groups excluding tert-OH is 1.